The lowest BCUT2D eigenvalue weighted by Gasteiger charge is -2.22. The molecule has 2 aromatic carbocycles. The summed E-state index contributed by atoms with van der Waals surface area (Å²) < 4.78 is 10.6. The van der Waals surface area contributed by atoms with Crippen molar-refractivity contribution in [1.29, 1.82) is 0 Å². The standard InChI is InChI=1S/C28H31N3O3/c1-33-23-13-11-21(12-14-23)25-17-29-28(24(30-25)15-19-5-3-2-4-6-19)31-27(32)16-20-7-9-22(10-8-20)26-18-34-26/h7-14,17,19,26H,2-6,15-16,18H2,1H3,(H,29,31,32). The van der Waals surface area contributed by atoms with Crippen molar-refractivity contribution in [3.8, 4) is 17.0 Å². The van der Waals surface area contributed by atoms with Crippen LogP contribution in [0.15, 0.2) is 54.7 Å². The zero-order chi connectivity index (χ0) is 23.3. The van der Waals surface area contributed by atoms with Crippen LogP contribution >= 0.6 is 0 Å². The highest BCUT2D eigenvalue weighted by atomic mass is 16.6. The maximum Gasteiger partial charge on any atom is 0.229 e. The van der Waals surface area contributed by atoms with Gasteiger partial charge in [0.05, 0.1) is 37.7 Å². The molecule has 6 nitrogen and oxygen atoms in total. The summed E-state index contributed by atoms with van der Waals surface area (Å²) in [5, 5.41) is 3.04. The van der Waals surface area contributed by atoms with Crippen molar-refractivity contribution in [2.24, 2.45) is 5.92 Å². The smallest absolute Gasteiger partial charge is 0.229 e. The Morgan fingerprint density at radius 1 is 1.06 bits per heavy atom. The predicted octanol–water partition coefficient (Wildman–Crippen LogP) is 5.53. The third-order valence-corrected chi connectivity index (χ3v) is 6.74. The molecule has 1 aromatic heterocycles. The third-order valence-electron chi connectivity index (χ3n) is 6.74. The van der Waals surface area contributed by atoms with Crippen molar-refractivity contribution in [2.45, 2.75) is 51.0 Å². The lowest BCUT2D eigenvalue weighted by Crippen LogP contribution is -2.19. The number of benzene rings is 2. The zero-order valence-electron chi connectivity index (χ0n) is 19.6. The lowest BCUT2D eigenvalue weighted by atomic mass is 9.86. The summed E-state index contributed by atoms with van der Waals surface area (Å²) in [4.78, 5) is 22.5. The van der Waals surface area contributed by atoms with Crippen LogP contribution in [-0.2, 0) is 22.4 Å². The third kappa shape index (κ3) is 5.62. The first-order chi connectivity index (χ1) is 16.7. The topological polar surface area (TPSA) is 76.6 Å². The monoisotopic (exact) mass is 457 g/mol. The fourth-order valence-corrected chi connectivity index (χ4v) is 4.69. The molecule has 176 valence electrons. The fraction of sp³-hybridized carbons (Fsp3) is 0.393. The summed E-state index contributed by atoms with van der Waals surface area (Å²) in [6.07, 6.45) is 9.36. The maximum absolute atomic E-state index is 12.9. The van der Waals surface area contributed by atoms with E-state index in [9.17, 15) is 4.79 Å². The number of amides is 1. The van der Waals surface area contributed by atoms with Gasteiger partial charge in [-0.05, 0) is 47.7 Å². The zero-order valence-corrected chi connectivity index (χ0v) is 19.6. The number of aromatic nitrogens is 2. The van der Waals surface area contributed by atoms with Gasteiger partial charge >= 0.3 is 0 Å². The van der Waals surface area contributed by atoms with Crippen molar-refractivity contribution in [2.75, 3.05) is 19.0 Å². The summed E-state index contributed by atoms with van der Waals surface area (Å²) in [6.45, 7) is 0.787. The van der Waals surface area contributed by atoms with E-state index in [-0.39, 0.29) is 12.0 Å². The molecular formula is C28H31N3O3. The number of ether oxygens (including phenoxy) is 2. The average molecular weight is 458 g/mol. The highest BCUT2D eigenvalue weighted by Crippen LogP contribution is 2.31. The van der Waals surface area contributed by atoms with Gasteiger partial charge in [0.2, 0.25) is 5.91 Å². The van der Waals surface area contributed by atoms with E-state index >= 15 is 0 Å². The molecule has 34 heavy (non-hydrogen) atoms. The van der Waals surface area contributed by atoms with E-state index in [1.807, 2.05) is 48.5 Å². The molecule has 1 N–H and O–H groups in total. The molecule has 2 fully saturated rings. The molecule has 1 saturated carbocycles. The minimum absolute atomic E-state index is 0.0770. The molecule has 6 heteroatoms. The first-order valence-electron chi connectivity index (χ1n) is 12.2. The largest absolute Gasteiger partial charge is 0.497 e. The Morgan fingerprint density at radius 3 is 2.47 bits per heavy atom. The molecule has 3 aromatic rings. The van der Waals surface area contributed by atoms with E-state index in [1.54, 1.807) is 13.3 Å². The second-order valence-electron chi connectivity index (χ2n) is 9.28. The number of nitrogens with zero attached hydrogens (tertiary/aromatic N) is 2. The second-order valence-corrected chi connectivity index (χ2v) is 9.28. The normalized spacial score (nSPS) is 17.9. The predicted molar refractivity (Wildman–Crippen MR) is 132 cm³/mol. The molecule has 1 atom stereocenters. The second kappa shape index (κ2) is 10.3. The average Bonchev–Trinajstić information content (AvgIpc) is 3.72. The quantitative estimate of drug-likeness (QED) is 0.450. The van der Waals surface area contributed by atoms with Crippen LogP contribution in [0.2, 0.25) is 0 Å². The van der Waals surface area contributed by atoms with Gasteiger partial charge in [0.15, 0.2) is 5.82 Å². The Hall–Kier alpha value is -3.25. The molecule has 1 aliphatic heterocycles. The van der Waals surface area contributed by atoms with Gasteiger partial charge in [-0.1, -0.05) is 56.4 Å². The molecule has 1 saturated heterocycles. The number of rotatable bonds is 8. The van der Waals surface area contributed by atoms with E-state index in [0.717, 1.165) is 41.3 Å². The van der Waals surface area contributed by atoms with E-state index in [1.165, 1.54) is 37.7 Å². The Kier molecular flexibility index (Phi) is 6.86. The summed E-state index contributed by atoms with van der Waals surface area (Å²) in [7, 11) is 1.66. The highest BCUT2D eigenvalue weighted by molar-refractivity contribution is 5.92. The Labute approximate surface area is 200 Å². The number of carbonyl (C=O) groups excluding carboxylic acids is 1. The molecule has 0 spiro atoms. The molecular weight excluding hydrogens is 426 g/mol. The minimum atomic E-state index is -0.0770. The maximum atomic E-state index is 12.9. The van der Waals surface area contributed by atoms with Crippen molar-refractivity contribution in [1.82, 2.24) is 9.97 Å². The number of methoxy groups -OCH3 is 1. The van der Waals surface area contributed by atoms with Gasteiger partial charge in [0, 0.05) is 5.56 Å². The highest BCUT2D eigenvalue weighted by Gasteiger charge is 2.24. The number of hydrogen-bond donors (Lipinski definition) is 1. The van der Waals surface area contributed by atoms with E-state index in [0.29, 0.717) is 18.2 Å². The Balaban J connectivity index is 1.33. The molecule has 1 aliphatic carbocycles. The van der Waals surface area contributed by atoms with Crippen LogP contribution in [0, 0.1) is 5.92 Å². The molecule has 2 aliphatic rings. The first-order valence-corrected chi connectivity index (χ1v) is 12.2. The van der Waals surface area contributed by atoms with Gasteiger partial charge in [-0.3, -0.25) is 4.79 Å². The molecule has 2 heterocycles. The summed E-state index contributed by atoms with van der Waals surface area (Å²) in [5.41, 5.74) is 4.80. The summed E-state index contributed by atoms with van der Waals surface area (Å²) in [6, 6.07) is 15.9. The van der Waals surface area contributed by atoms with Crippen molar-refractivity contribution < 1.29 is 14.3 Å². The van der Waals surface area contributed by atoms with Crippen LogP contribution < -0.4 is 10.1 Å². The van der Waals surface area contributed by atoms with Gasteiger partial charge < -0.3 is 14.8 Å². The number of carbonyl (C=O) groups is 1. The summed E-state index contributed by atoms with van der Waals surface area (Å²) in [5.74, 6) is 1.89. The minimum Gasteiger partial charge on any atom is -0.497 e. The number of anilines is 1. The molecule has 1 unspecified atom stereocenters. The fourth-order valence-electron chi connectivity index (χ4n) is 4.69. The van der Waals surface area contributed by atoms with Crippen molar-refractivity contribution >= 4 is 11.7 Å². The van der Waals surface area contributed by atoms with E-state index < -0.39 is 0 Å². The number of nitrogens with one attached hydrogen (secondary N) is 1. The van der Waals surface area contributed by atoms with Crippen LogP contribution in [-0.4, -0.2) is 29.6 Å². The number of hydrogen-bond acceptors (Lipinski definition) is 5. The molecule has 1 amide bonds. The summed E-state index contributed by atoms with van der Waals surface area (Å²) >= 11 is 0. The first kappa shape index (κ1) is 22.5. The molecule has 5 rings (SSSR count). The SMILES string of the molecule is COc1ccc(-c2cnc(NC(=O)Cc3ccc(C4CO4)cc3)c(CC3CCCCC3)n2)cc1. The van der Waals surface area contributed by atoms with Crippen LogP contribution in [0.3, 0.4) is 0 Å². The van der Waals surface area contributed by atoms with Crippen LogP contribution in [0.5, 0.6) is 5.75 Å². The van der Waals surface area contributed by atoms with Gasteiger partial charge in [0.1, 0.15) is 11.9 Å². The van der Waals surface area contributed by atoms with Crippen molar-refractivity contribution in [3.63, 3.8) is 0 Å². The van der Waals surface area contributed by atoms with Crippen LogP contribution in [0.1, 0.15) is 55.0 Å². The van der Waals surface area contributed by atoms with Gasteiger partial charge in [-0.25, -0.2) is 9.97 Å². The Bertz CT molecular complexity index is 1120. The Morgan fingerprint density at radius 2 is 1.79 bits per heavy atom. The van der Waals surface area contributed by atoms with Crippen LogP contribution in [0.4, 0.5) is 5.82 Å². The van der Waals surface area contributed by atoms with Crippen molar-refractivity contribution in [3.05, 3.63) is 71.5 Å². The number of epoxide rings is 1. The lowest BCUT2D eigenvalue weighted by molar-refractivity contribution is -0.115. The van der Waals surface area contributed by atoms with Gasteiger partial charge in [-0.15, -0.1) is 0 Å². The molecule has 0 radical (unpaired) electrons. The molecule has 0 bridgehead atoms. The van der Waals surface area contributed by atoms with Gasteiger partial charge in [-0.2, -0.15) is 0 Å². The van der Waals surface area contributed by atoms with Gasteiger partial charge in [0.25, 0.3) is 0 Å². The van der Waals surface area contributed by atoms with Crippen LogP contribution in [0.25, 0.3) is 11.3 Å². The van der Waals surface area contributed by atoms with E-state index in [2.05, 4.69) is 10.3 Å². The van der Waals surface area contributed by atoms with E-state index in [4.69, 9.17) is 14.5 Å².